The first-order chi connectivity index (χ1) is 7.72. The third kappa shape index (κ3) is 2.62. The highest BCUT2D eigenvalue weighted by molar-refractivity contribution is 6.34. The number of hydrogen-bond acceptors (Lipinski definition) is 2. The van der Waals surface area contributed by atoms with Gasteiger partial charge in [0.15, 0.2) is 0 Å². The second kappa shape index (κ2) is 4.96. The van der Waals surface area contributed by atoms with E-state index < -0.39 is 0 Å². The lowest BCUT2D eigenvalue weighted by Crippen LogP contribution is -2.27. The van der Waals surface area contributed by atoms with E-state index in [1.807, 2.05) is 18.2 Å². The molecule has 0 amide bonds. The van der Waals surface area contributed by atoms with Gasteiger partial charge in [-0.2, -0.15) is 0 Å². The van der Waals surface area contributed by atoms with Gasteiger partial charge in [-0.3, -0.25) is 0 Å². The van der Waals surface area contributed by atoms with Gasteiger partial charge in [0, 0.05) is 13.1 Å². The van der Waals surface area contributed by atoms with Gasteiger partial charge in [-0.1, -0.05) is 24.6 Å². The maximum Gasteiger partial charge on any atom is 0.0789 e. The molecule has 1 aliphatic rings. The number of para-hydroxylation sites is 1. The lowest BCUT2D eigenvalue weighted by Gasteiger charge is -2.26. The van der Waals surface area contributed by atoms with E-state index in [9.17, 15) is 0 Å². The van der Waals surface area contributed by atoms with Crippen LogP contribution in [0.2, 0.25) is 5.02 Å². The van der Waals surface area contributed by atoms with Gasteiger partial charge >= 0.3 is 0 Å². The SMILES string of the molecule is CCCN(CC1CC1)c1c(N)cccc1Cl. The molecular formula is C13H19ClN2. The Hall–Kier alpha value is -0.890. The predicted molar refractivity (Wildman–Crippen MR) is 71.1 cm³/mol. The summed E-state index contributed by atoms with van der Waals surface area (Å²) in [6, 6.07) is 5.75. The molecule has 88 valence electrons. The second-order valence-electron chi connectivity index (χ2n) is 4.57. The molecule has 1 aromatic carbocycles. The summed E-state index contributed by atoms with van der Waals surface area (Å²) in [6.07, 6.45) is 3.83. The molecule has 0 spiro atoms. The van der Waals surface area contributed by atoms with Crippen LogP contribution in [0.25, 0.3) is 0 Å². The number of anilines is 2. The molecule has 1 aromatic rings. The third-order valence-electron chi connectivity index (χ3n) is 3.00. The van der Waals surface area contributed by atoms with Gasteiger partial charge in [0.1, 0.15) is 0 Å². The molecule has 2 N–H and O–H groups in total. The van der Waals surface area contributed by atoms with Gasteiger partial charge in [-0.05, 0) is 37.3 Å². The van der Waals surface area contributed by atoms with Crippen LogP contribution < -0.4 is 10.6 Å². The molecule has 0 radical (unpaired) electrons. The summed E-state index contributed by atoms with van der Waals surface area (Å²) in [7, 11) is 0. The molecule has 0 atom stereocenters. The van der Waals surface area contributed by atoms with Crippen LogP contribution in [0.5, 0.6) is 0 Å². The van der Waals surface area contributed by atoms with Crippen molar-refractivity contribution < 1.29 is 0 Å². The average molecular weight is 239 g/mol. The molecule has 3 heteroatoms. The fraction of sp³-hybridized carbons (Fsp3) is 0.538. The van der Waals surface area contributed by atoms with Crippen molar-refractivity contribution in [2.75, 3.05) is 23.7 Å². The number of nitrogens with two attached hydrogens (primary N) is 1. The van der Waals surface area contributed by atoms with Gasteiger partial charge in [0.2, 0.25) is 0 Å². The third-order valence-corrected chi connectivity index (χ3v) is 3.31. The maximum atomic E-state index is 6.24. The predicted octanol–water partition coefficient (Wildman–Crippen LogP) is 3.55. The van der Waals surface area contributed by atoms with Crippen molar-refractivity contribution in [2.45, 2.75) is 26.2 Å². The van der Waals surface area contributed by atoms with Crippen molar-refractivity contribution in [1.29, 1.82) is 0 Å². The zero-order chi connectivity index (χ0) is 11.5. The zero-order valence-electron chi connectivity index (χ0n) is 9.75. The number of nitrogen functional groups attached to an aromatic ring is 1. The Balaban J connectivity index is 2.21. The van der Waals surface area contributed by atoms with Crippen molar-refractivity contribution in [2.24, 2.45) is 5.92 Å². The zero-order valence-corrected chi connectivity index (χ0v) is 10.5. The Morgan fingerprint density at radius 2 is 2.19 bits per heavy atom. The first-order valence-corrected chi connectivity index (χ1v) is 6.39. The first kappa shape index (κ1) is 11.6. The fourth-order valence-electron chi connectivity index (χ4n) is 2.04. The van der Waals surface area contributed by atoms with Crippen molar-refractivity contribution in [1.82, 2.24) is 0 Å². The molecule has 2 rings (SSSR count). The lowest BCUT2D eigenvalue weighted by atomic mass is 10.2. The van der Waals surface area contributed by atoms with E-state index >= 15 is 0 Å². The largest absolute Gasteiger partial charge is 0.397 e. The second-order valence-corrected chi connectivity index (χ2v) is 4.97. The van der Waals surface area contributed by atoms with E-state index in [1.54, 1.807) is 0 Å². The summed E-state index contributed by atoms with van der Waals surface area (Å²) in [5.74, 6) is 0.849. The molecule has 2 nitrogen and oxygen atoms in total. The minimum absolute atomic E-state index is 0.772. The minimum atomic E-state index is 0.772. The van der Waals surface area contributed by atoms with Gasteiger partial charge in [-0.25, -0.2) is 0 Å². The Morgan fingerprint density at radius 1 is 1.44 bits per heavy atom. The smallest absolute Gasteiger partial charge is 0.0789 e. The summed E-state index contributed by atoms with van der Waals surface area (Å²) >= 11 is 6.24. The molecule has 1 aliphatic carbocycles. The van der Waals surface area contributed by atoms with Gasteiger partial charge in [0.25, 0.3) is 0 Å². The standard InChI is InChI=1S/C13H19ClN2/c1-2-8-16(9-10-6-7-10)13-11(14)4-3-5-12(13)15/h3-5,10H,2,6-9,15H2,1H3. The quantitative estimate of drug-likeness (QED) is 0.795. The van der Waals surface area contributed by atoms with Crippen LogP contribution in [0.1, 0.15) is 26.2 Å². The lowest BCUT2D eigenvalue weighted by molar-refractivity contribution is 0.709. The monoisotopic (exact) mass is 238 g/mol. The Bertz CT molecular complexity index is 341. The highest BCUT2D eigenvalue weighted by Crippen LogP contribution is 2.36. The van der Waals surface area contributed by atoms with Crippen molar-refractivity contribution in [3.8, 4) is 0 Å². The number of hydrogen-bond donors (Lipinski definition) is 1. The van der Waals surface area contributed by atoms with Crippen LogP contribution in [0.15, 0.2) is 18.2 Å². The molecule has 0 bridgehead atoms. The van der Waals surface area contributed by atoms with E-state index in [0.717, 1.165) is 41.8 Å². The van der Waals surface area contributed by atoms with Crippen molar-refractivity contribution >= 4 is 23.0 Å². The van der Waals surface area contributed by atoms with Crippen LogP contribution in [0, 0.1) is 5.92 Å². The normalized spacial score (nSPS) is 15.1. The molecule has 1 saturated carbocycles. The van der Waals surface area contributed by atoms with E-state index in [0.29, 0.717) is 0 Å². The molecule has 0 saturated heterocycles. The average Bonchev–Trinajstić information content (AvgIpc) is 3.01. The van der Waals surface area contributed by atoms with E-state index in [1.165, 1.54) is 12.8 Å². The van der Waals surface area contributed by atoms with Gasteiger partial charge in [-0.15, -0.1) is 0 Å². The number of nitrogens with zero attached hydrogens (tertiary/aromatic N) is 1. The van der Waals surface area contributed by atoms with Crippen LogP contribution in [-0.2, 0) is 0 Å². The van der Waals surface area contributed by atoms with E-state index in [2.05, 4.69) is 11.8 Å². The molecule has 0 unspecified atom stereocenters. The Labute approximate surface area is 102 Å². The van der Waals surface area contributed by atoms with Gasteiger partial charge in [0.05, 0.1) is 16.4 Å². The molecule has 16 heavy (non-hydrogen) atoms. The van der Waals surface area contributed by atoms with Crippen LogP contribution >= 0.6 is 11.6 Å². The van der Waals surface area contributed by atoms with Crippen molar-refractivity contribution in [3.05, 3.63) is 23.2 Å². The van der Waals surface area contributed by atoms with Gasteiger partial charge < -0.3 is 10.6 Å². The van der Waals surface area contributed by atoms with Crippen molar-refractivity contribution in [3.63, 3.8) is 0 Å². The number of rotatable bonds is 5. The highest BCUT2D eigenvalue weighted by Gasteiger charge is 2.25. The van der Waals surface area contributed by atoms with E-state index in [4.69, 9.17) is 17.3 Å². The van der Waals surface area contributed by atoms with Crippen LogP contribution in [0.4, 0.5) is 11.4 Å². The minimum Gasteiger partial charge on any atom is -0.397 e. The van der Waals surface area contributed by atoms with Crippen LogP contribution in [0.3, 0.4) is 0 Å². The molecule has 0 aromatic heterocycles. The summed E-state index contributed by atoms with van der Waals surface area (Å²) in [4.78, 5) is 2.34. The number of halogens is 1. The number of benzene rings is 1. The summed E-state index contributed by atoms with van der Waals surface area (Å²) in [5, 5.41) is 0.772. The summed E-state index contributed by atoms with van der Waals surface area (Å²) < 4.78 is 0. The Kier molecular flexibility index (Phi) is 3.59. The highest BCUT2D eigenvalue weighted by atomic mass is 35.5. The topological polar surface area (TPSA) is 29.3 Å². The molecule has 0 aliphatic heterocycles. The van der Waals surface area contributed by atoms with E-state index in [-0.39, 0.29) is 0 Å². The summed E-state index contributed by atoms with van der Waals surface area (Å²) in [6.45, 7) is 4.32. The first-order valence-electron chi connectivity index (χ1n) is 6.01. The maximum absolute atomic E-state index is 6.24. The molecular weight excluding hydrogens is 220 g/mol. The fourth-order valence-corrected chi connectivity index (χ4v) is 2.34. The molecule has 0 heterocycles. The van der Waals surface area contributed by atoms with Crippen LogP contribution in [-0.4, -0.2) is 13.1 Å². The Morgan fingerprint density at radius 3 is 2.75 bits per heavy atom. The molecule has 1 fully saturated rings. The summed E-state index contributed by atoms with van der Waals surface area (Å²) in [5.41, 5.74) is 7.84.